The number of aliphatic hydroxyl groups is 2. The summed E-state index contributed by atoms with van der Waals surface area (Å²) in [6, 6.07) is 1.10. The molecule has 21 heavy (non-hydrogen) atoms. The van der Waals surface area contributed by atoms with Crippen molar-refractivity contribution in [1.29, 1.82) is 0 Å². The zero-order chi connectivity index (χ0) is 15.8. The van der Waals surface area contributed by atoms with E-state index in [2.05, 4.69) is 11.3 Å². The van der Waals surface area contributed by atoms with Gasteiger partial charge in [-0.1, -0.05) is 5.92 Å². The summed E-state index contributed by atoms with van der Waals surface area (Å²) >= 11 is 5.37. The predicted octanol–water partition coefficient (Wildman–Crippen LogP) is -1.93. The Balaban J connectivity index is 2.56. The van der Waals surface area contributed by atoms with Crippen LogP contribution in [0.3, 0.4) is 0 Å². The van der Waals surface area contributed by atoms with Crippen LogP contribution in [0.5, 0.6) is 0 Å². The zero-order valence-corrected chi connectivity index (χ0v) is 11.7. The first-order chi connectivity index (χ1) is 9.81. The number of nitrogens with two attached hydrogens (primary N) is 1. The zero-order valence-electron chi connectivity index (χ0n) is 11.0. The Labute approximate surface area is 124 Å². The number of halogens is 1. The van der Waals surface area contributed by atoms with Crippen molar-refractivity contribution in [3.8, 4) is 11.3 Å². The summed E-state index contributed by atoms with van der Waals surface area (Å²) in [5, 5.41) is 21.9. The highest BCUT2D eigenvalue weighted by Crippen LogP contribution is 2.36. The molecule has 5 N–H and O–H groups in total. The van der Waals surface area contributed by atoms with Gasteiger partial charge in [-0.2, -0.15) is 0 Å². The molecule has 2 heterocycles. The fourth-order valence-electron chi connectivity index (χ4n) is 2.26. The molecule has 0 aromatic carbocycles. The SMILES string of the molecule is C[C@H](O)[C@H]1O[C@@H](n2ccc(=O)[nH]c2=O)C(N)(C#CCl)[C@H]1O. The molecule has 5 atom stereocenters. The number of hydrogen-bond donors (Lipinski definition) is 4. The van der Waals surface area contributed by atoms with E-state index in [4.69, 9.17) is 22.1 Å². The third kappa shape index (κ3) is 2.62. The van der Waals surface area contributed by atoms with Crippen molar-refractivity contribution in [3.05, 3.63) is 33.1 Å². The van der Waals surface area contributed by atoms with Crippen molar-refractivity contribution < 1.29 is 14.9 Å². The summed E-state index contributed by atoms with van der Waals surface area (Å²) in [4.78, 5) is 25.0. The van der Waals surface area contributed by atoms with E-state index in [0.29, 0.717) is 0 Å². The van der Waals surface area contributed by atoms with Gasteiger partial charge in [-0.3, -0.25) is 14.3 Å². The lowest BCUT2D eigenvalue weighted by molar-refractivity contribution is -0.0778. The van der Waals surface area contributed by atoms with Crippen molar-refractivity contribution >= 4 is 11.6 Å². The molecule has 0 aliphatic carbocycles. The molecular weight excluding hydrogens is 302 g/mol. The van der Waals surface area contributed by atoms with Crippen LogP contribution in [0.4, 0.5) is 0 Å². The maximum absolute atomic E-state index is 11.8. The molecule has 1 unspecified atom stereocenters. The van der Waals surface area contributed by atoms with E-state index in [-0.39, 0.29) is 0 Å². The van der Waals surface area contributed by atoms with E-state index < -0.39 is 41.3 Å². The van der Waals surface area contributed by atoms with E-state index in [0.717, 1.165) is 10.6 Å². The molecule has 9 heteroatoms. The first-order valence-electron chi connectivity index (χ1n) is 6.06. The molecule has 1 aromatic heterocycles. The lowest BCUT2D eigenvalue weighted by Crippen LogP contribution is -2.55. The Bertz CT molecular complexity index is 703. The molecular formula is C12H14ClN3O5. The summed E-state index contributed by atoms with van der Waals surface area (Å²) in [5.41, 5.74) is 2.94. The van der Waals surface area contributed by atoms with Gasteiger partial charge in [0.15, 0.2) is 11.8 Å². The number of nitrogens with one attached hydrogen (secondary N) is 1. The second-order valence-corrected chi connectivity index (χ2v) is 5.00. The summed E-state index contributed by atoms with van der Waals surface area (Å²) in [5.74, 6) is 2.40. The highest BCUT2D eigenvalue weighted by molar-refractivity contribution is 6.30. The Kier molecular flexibility index (Phi) is 4.22. The van der Waals surface area contributed by atoms with Gasteiger partial charge < -0.3 is 20.7 Å². The second-order valence-electron chi connectivity index (χ2n) is 4.81. The first-order valence-corrected chi connectivity index (χ1v) is 6.44. The van der Waals surface area contributed by atoms with Gasteiger partial charge in [0.05, 0.1) is 6.10 Å². The van der Waals surface area contributed by atoms with E-state index >= 15 is 0 Å². The summed E-state index contributed by atoms with van der Waals surface area (Å²) < 4.78 is 6.45. The van der Waals surface area contributed by atoms with Crippen LogP contribution in [-0.4, -0.2) is 43.6 Å². The molecule has 2 rings (SSSR count). The van der Waals surface area contributed by atoms with Gasteiger partial charge in [0, 0.05) is 17.6 Å². The van der Waals surface area contributed by atoms with Crippen molar-refractivity contribution in [1.82, 2.24) is 9.55 Å². The molecule has 114 valence electrons. The highest BCUT2D eigenvalue weighted by atomic mass is 35.5. The van der Waals surface area contributed by atoms with Crippen LogP contribution in [0, 0.1) is 11.3 Å². The minimum absolute atomic E-state index is 0.590. The number of nitrogens with zero attached hydrogens (tertiary/aromatic N) is 1. The lowest BCUT2D eigenvalue weighted by Gasteiger charge is -2.27. The number of aromatic amines is 1. The molecule has 0 saturated carbocycles. The van der Waals surface area contributed by atoms with Gasteiger partial charge in [-0.05, 0) is 18.5 Å². The quantitative estimate of drug-likeness (QED) is 0.470. The Morgan fingerprint density at radius 2 is 2.29 bits per heavy atom. The maximum Gasteiger partial charge on any atom is 0.330 e. The van der Waals surface area contributed by atoms with Crippen LogP contribution in [0.2, 0.25) is 0 Å². The maximum atomic E-state index is 11.8. The summed E-state index contributed by atoms with van der Waals surface area (Å²) in [6.45, 7) is 1.40. The number of aromatic nitrogens is 2. The van der Waals surface area contributed by atoms with E-state index in [1.54, 1.807) is 0 Å². The minimum Gasteiger partial charge on any atom is -0.391 e. The van der Waals surface area contributed by atoms with E-state index in [9.17, 15) is 19.8 Å². The minimum atomic E-state index is -1.72. The van der Waals surface area contributed by atoms with Gasteiger partial charge in [-0.25, -0.2) is 4.79 Å². The average molecular weight is 316 g/mol. The molecule has 0 radical (unpaired) electrons. The topological polar surface area (TPSA) is 131 Å². The number of H-pyrrole nitrogens is 1. The summed E-state index contributed by atoms with van der Waals surface area (Å²) in [6.07, 6.45) is -3.55. The number of ether oxygens (including phenoxy) is 1. The largest absolute Gasteiger partial charge is 0.391 e. The fraction of sp³-hybridized carbons (Fsp3) is 0.500. The molecule has 1 aromatic rings. The van der Waals surface area contributed by atoms with E-state index in [1.165, 1.54) is 13.1 Å². The lowest BCUT2D eigenvalue weighted by atomic mass is 9.90. The van der Waals surface area contributed by atoms with E-state index in [1.807, 2.05) is 4.98 Å². The third-order valence-corrected chi connectivity index (χ3v) is 3.43. The molecule has 0 amide bonds. The predicted molar refractivity (Wildman–Crippen MR) is 73.5 cm³/mol. The molecule has 1 aliphatic heterocycles. The van der Waals surface area contributed by atoms with Gasteiger partial charge >= 0.3 is 5.69 Å². The summed E-state index contributed by atoms with van der Waals surface area (Å²) in [7, 11) is 0. The Morgan fingerprint density at radius 1 is 1.62 bits per heavy atom. The van der Waals surface area contributed by atoms with Crippen LogP contribution in [0.25, 0.3) is 0 Å². The van der Waals surface area contributed by atoms with Crippen molar-refractivity contribution in [2.75, 3.05) is 0 Å². The van der Waals surface area contributed by atoms with Crippen LogP contribution >= 0.6 is 11.6 Å². The number of aliphatic hydroxyl groups excluding tert-OH is 2. The van der Waals surface area contributed by atoms with Gasteiger partial charge in [-0.15, -0.1) is 0 Å². The fourth-order valence-corrected chi connectivity index (χ4v) is 2.42. The standard InChI is InChI=1S/C12H14ClN3O5/c1-6(17)8-9(19)12(14,3-4-13)10(21-8)16-5-2-7(18)15-11(16)20/h2,5-6,8-10,17,19H,14H2,1H3,(H,15,18,20)/t6-,8+,9-,10+,12?/m0/s1. The van der Waals surface area contributed by atoms with Crippen LogP contribution < -0.4 is 17.0 Å². The highest BCUT2D eigenvalue weighted by Gasteiger charge is 2.55. The molecule has 1 aliphatic rings. The average Bonchev–Trinajstić information content (AvgIpc) is 2.64. The Hall–Kier alpha value is -1.63. The molecule has 1 saturated heterocycles. The smallest absolute Gasteiger partial charge is 0.330 e. The molecule has 8 nitrogen and oxygen atoms in total. The normalized spacial score (nSPS) is 33.3. The van der Waals surface area contributed by atoms with Crippen molar-refractivity contribution in [3.63, 3.8) is 0 Å². The van der Waals surface area contributed by atoms with Crippen LogP contribution in [-0.2, 0) is 4.74 Å². The molecule has 1 fully saturated rings. The van der Waals surface area contributed by atoms with Crippen LogP contribution in [0.1, 0.15) is 13.2 Å². The van der Waals surface area contributed by atoms with Gasteiger partial charge in [0.25, 0.3) is 5.56 Å². The van der Waals surface area contributed by atoms with Gasteiger partial charge in [0.1, 0.15) is 12.2 Å². The van der Waals surface area contributed by atoms with Crippen molar-refractivity contribution in [2.45, 2.75) is 37.0 Å². The Morgan fingerprint density at radius 3 is 2.81 bits per heavy atom. The van der Waals surface area contributed by atoms with Crippen molar-refractivity contribution in [2.24, 2.45) is 5.73 Å². The van der Waals surface area contributed by atoms with Gasteiger partial charge in [0.2, 0.25) is 0 Å². The monoisotopic (exact) mass is 315 g/mol. The molecule has 0 bridgehead atoms. The second kappa shape index (κ2) is 5.63. The van der Waals surface area contributed by atoms with Crippen LogP contribution in [0.15, 0.2) is 21.9 Å². The number of rotatable bonds is 2. The number of hydrogen-bond acceptors (Lipinski definition) is 6. The molecule has 0 spiro atoms. The third-order valence-electron chi connectivity index (χ3n) is 3.34. The first kappa shape index (κ1) is 15.8.